The van der Waals surface area contributed by atoms with E-state index in [4.69, 9.17) is 27.9 Å². The molecule has 1 saturated heterocycles. The summed E-state index contributed by atoms with van der Waals surface area (Å²) in [5, 5.41) is 0.929. The molecule has 4 rings (SSSR count). The predicted molar refractivity (Wildman–Crippen MR) is 141 cm³/mol. The Kier molecular flexibility index (Phi) is 7.87. The molecular formula is C24H15Br2Cl2NO3S. The van der Waals surface area contributed by atoms with Crippen LogP contribution in [0.4, 0.5) is 4.79 Å². The van der Waals surface area contributed by atoms with Gasteiger partial charge in [0.05, 0.1) is 20.4 Å². The highest BCUT2D eigenvalue weighted by atomic mass is 79.9. The van der Waals surface area contributed by atoms with Gasteiger partial charge in [-0.3, -0.25) is 14.5 Å². The van der Waals surface area contributed by atoms with Crippen LogP contribution in [-0.2, 0) is 17.9 Å². The van der Waals surface area contributed by atoms with Gasteiger partial charge in [0.1, 0.15) is 12.4 Å². The monoisotopic (exact) mass is 625 g/mol. The topological polar surface area (TPSA) is 46.6 Å². The van der Waals surface area contributed by atoms with E-state index in [9.17, 15) is 9.59 Å². The maximum absolute atomic E-state index is 12.8. The first-order valence-electron chi connectivity index (χ1n) is 9.67. The summed E-state index contributed by atoms with van der Waals surface area (Å²) in [6, 6.07) is 18.2. The first-order chi connectivity index (χ1) is 15.8. The van der Waals surface area contributed by atoms with Crippen molar-refractivity contribution in [3.8, 4) is 5.75 Å². The van der Waals surface area contributed by atoms with Crippen LogP contribution >= 0.6 is 66.8 Å². The SMILES string of the molecule is O=C1S/C(=C\c2cc(Br)c(OCc3ccccc3Cl)c(Br)c2)C(=O)N1Cc1ccc(Cl)cc1. The quantitative estimate of drug-likeness (QED) is 0.258. The highest BCUT2D eigenvalue weighted by Crippen LogP contribution is 2.38. The number of benzene rings is 3. The van der Waals surface area contributed by atoms with Crippen LogP contribution in [0.3, 0.4) is 0 Å². The third kappa shape index (κ3) is 5.84. The van der Waals surface area contributed by atoms with Crippen molar-refractivity contribution in [2.24, 2.45) is 0 Å². The zero-order valence-corrected chi connectivity index (χ0v) is 22.4. The molecule has 3 aromatic rings. The zero-order chi connectivity index (χ0) is 23.5. The van der Waals surface area contributed by atoms with Crippen molar-refractivity contribution in [2.45, 2.75) is 13.2 Å². The summed E-state index contributed by atoms with van der Waals surface area (Å²) in [6.45, 7) is 0.501. The average Bonchev–Trinajstić information content (AvgIpc) is 3.03. The Bertz CT molecular complexity index is 1240. The molecule has 0 atom stereocenters. The van der Waals surface area contributed by atoms with E-state index in [1.54, 1.807) is 30.3 Å². The molecule has 3 aromatic carbocycles. The summed E-state index contributed by atoms with van der Waals surface area (Å²) in [7, 11) is 0. The molecule has 0 spiro atoms. The fourth-order valence-electron chi connectivity index (χ4n) is 3.13. The molecule has 1 heterocycles. The van der Waals surface area contributed by atoms with Crippen molar-refractivity contribution in [3.05, 3.63) is 101 Å². The maximum Gasteiger partial charge on any atom is 0.293 e. The summed E-state index contributed by atoms with van der Waals surface area (Å²) < 4.78 is 7.36. The summed E-state index contributed by atoms with van der Waals surface area (Å²) in [5.41, 5.74) is 2.45. The third-order valence-electron chi connectivity index (χ3n) is 4.78. The van der Waals surface area contributed by atoms with Crippen molar-refractivity contribution in [1.82, 2.24) is 4.90 Å². The number of hydrogen-bond acceptors (Lipinski definition) is 4. The average molecular weight is 628 g/mol. The molecule has 33 heavy (non-hydrogen) atoms. The number of carbonyl (C=O) groups is 2. The highest BCUT2D eigenvalue weighted by molar-refractivity contribution is 9.11. The Morgan fingerprint density at radius 1 is 0.970 bits per heavy atom. The van der Waals surface area contributed by atoms with Crippen molar-refractivity contribution in [3.63, 3.8) is 0 Å². The van der Waals surface area contributed by atoms with Gasteiger partial charge >= 0.3 is 0 Å². The Labute approximate surface area is 222 Å². The van der Waals surface area contributed by atoms with Crippen LogP contribution in [0.15, 0.2) is 74.5 Å². The van der Waals surface area contributed by atoms with Gasteiger partial charge < -0.3 is 4.74 Å². The minimum Gasteiger partial charge on any atom is -0.486 e. The molecule has 0 aromatic heterocycles. The molecule has 1 aliphatic heterocycles. The van der Waals surface area contributed by atoms with Gasteiger partial charge in [-0.15, -0.1) is 0 Å². The second-order valence-corrected chi connectivity index (χ2v) is 10.6. The fraction of sp³-hybridized carbons (Fsp3) is 0.0833. The summed E-state index contributed by atoms with van der Waals surface area (Å²) in [5.74, 6) is 0.286. The van der Waals surface area contributed by atoms with E-state index in [-0.39, 0.29) is 17.7 Å². The van der Waals surface area contributed by atoms with Gasteiger partial charge in [-0.1, -0.05) is 53.5 Å². The van der Waals surface area contributed by atoms with Crippen molar-refractivity contribution in [1.29, 1.82) is 0 Å². The lowest BCUT2D eigenvalue weighted by Crippen LogP contribution is -2.27. The fourth-order valence-corrected chi connectivity index (χ4v) is 5.73. The summed E-state index contributed by atoms with van der Waals surface area (Å²) >= 11 is 20.1. The minimum atomic E-state index is -0.328. The van der Waals surface area contributed by atoms with Crippen LogP contribution in [0, 0.1) is 0 Å². The second kappa shape index (κ2) is 10.7. The lowest BCUT2D eigenvalue weighted by Gasteiger charge is -2.13. The highest BCUT2D eigenvalue weighted by Gasteiger charge is 2.35. The van der Waals surface area contributed by atoms with Crippen LogP contribution in [0.5, 0.6) is 5.75 Å². The molecule has 0 N–H and O–H groups in total. The maximum atomic E-state index is 12.8. The van der Waals surface area contributed by atoms with Gasteiger partial charge in [0, 0.05) is 15.6 Å². The number of nitrogens with zero attached hydrogens (tertiary/aromatic N) is 1. The molecule has 0 saturated carbocycles. The van der Waals surface area contributed by atoms with Crippen LogP contribution in [0.2, 0.25) is 10.0 Å². The standard InChI is InChI=1S/C24H15Br2Cl2NO3S/c25-18-9-15(10-19(26)22(18)32-13-16-3-1-2-4-20(16)28)11-21-23(30)29(24(31)33-21)12-14-5-7-17(27)8-6-14/h1-11H,12-13H2/b21-11-. The van der Waals surface area contributed by atoms with Gasteiger partial charge in [0.25, 0.3) is 11.1 Å². The molecule has 4 nitrogen and oxygen atoms in total. The van der Waals surface area contributed by atoms with E-state index in [1.807, 2.05) is 36.4 Å². The van der Waals surface area contributed by atoms with Gasteiger partial charge in [0.15, 0.2) is 0 Å². The number of imide groups is 1. The Morgan fingerprint density at radius 3 is 2.30 bits per heavy atom. The van der Waals surface area contributed by atoms with Crippen LogP contribution in [0.25, 0.3) is 6.08 Å². The number of ether oxygens (including phenoxy) is 1. The predicted octanol–water partition coefficient (Wildman–Crippen LogP) is 8.33. The van der Waals surface area contributed by atoms with Gasteiger partial charge in [0.2, 0.25) is 0 Å². The molecule has 0 radical (unpaired) electrons. The Morgan fingerprint density at radius 2 is 1.64 bits per heavy atom. The largest absolute Gasteiger partial charge is 0.486 e. The molecule has 2 amide bonds. The molecule has 9 heteroatoms. The van der Waals surface area contributed by atoms with Crippen molar-refractivity contribution in [2.75, 3.05) is 0 Å². The molecule has 1 aliphatic rings. The third-order valence-corrected chi connectivity index (χ3v) is 7.48. The lowest BCUT2D eigenvalue weighted by atomic mass is 10.2. The van der Waals surface area contributed by atoms with E-state index in [0.29, 0.717) is 36.3 Å². The van der Waals surface area contributed by atoms with Crippen LogP contribution in [0.1, 0.15) is 16.7 Å². The van der Waals surface area contributed by atoms with Gasteiger partial charge in [-0.2, -0.15) is 0 Å². The second-order valence-electron chi connectivity index (χ2n) is 7.09. The minimum absolute atomic E-state index is 0.196. The Hall–Kier alpha value is -1.77. The van der Waals surface area contributed by atoms with Crippen LogP contribution in [-0.4, -0.2) is 16.0 Å². The number of halogens is 4. The molecule has 0 unspecified atom stereocenters. The smallest absolute Gasteiger partial charge is 0.293 e. The zero-order valence-electron chi connectivity index (χ0n) is 16.9. The van der Waals surface area contributed by atoms with E-state index in [1.165, 1.54) is 4.90 Å². The number of rotatable bonds is 6. The number of hydrogen-bond donors (Lipinski definition) is 0. The van der Waals surface area contributed by atoms with E-state index < -0.39 is 0 Å². The van der Waals surface area contributed by atoms with Gasteiger partial charge in [-0.25, -0.2) is 0 Å². The number of amides is 2. The molecule has 168 valence electrons. The molecule has 0 bridgehead atoms. The van der Waals surface area contributed by atoms with Crippen molar-refractivity contribution < 1.29 is 14.3 Å². The van der Waals surface area contributed by atoms with Crippen molar-refractivity contribution >= 4 is 84.0 Å². The first-order valence-corrected chi connectivity index (χ1v) is 12.8. The molecular weight excluding hydrogens is 613 g/mol. The lowest BCUT2D eigenvalue weighted by molar-refractivity contribution is -0.123. The summed E-state index contributed by atoms with van der Waals surface area (Å²) in [4.78, 5) is 26.9. The Balaban J connectivity index is 1.50. The first kappa shape index (κ1) is 24.4. The number of carbonyl (C=O) groups excluding carboxylic acids is 2. The number of thioether (sulfide) groups is 1. The van der Waals surface area contributed by atoms with E-state index in [0.717, 1.165) is 28.5 Å². The summed E-state index contributed by atoms with van der Waals surface area (Å²) in [6.07, 6.45) is 1.69. The van der Waals surface area contributed by atoms with Crippen LogP contribution < -0.4 is 4.74 Å². The normalized spacial score (nSPS) is 14.9. The van der Waals surface area contributed by atoms with Gasteiger partial charge in [-0.05, 0) is 91.2 Å². The molecule has 1 fully saturated rings. The van der Waals surface area contributed by atoms with E-state index in [2.05, 4.69) is 31.9 Å². The molecule has 0 aliphatic carbocycles. The van der Waals surface area contributed by atoms with E-state index >= 15 is 0 Å².